The molecule has 1 saturated heterocycles. The highest BCUT2D eigenvalue weighted by Gasteiger charge is 2.39. The molecule has 1 aliphatic heterocycles. The molecule has 0 aromatic heterocycles. The summed E-state index contributed by atoms with van der Waals surface area (Å²) >= 11 is 0. The smallest absolute Gasteiger partial charge is 0.243 e. The van der Waals surface area contributed by atoms with Crippen molar-refractivity contribution < 1.29 is 13.2 Å². The summed E-state index contributed by atoms with van der Waals surface area (Å²) in [6.07, 6.45) is 1.98. The van der Waals surface area contributed by atoms with E-state index in [1.165, 1.54) is 4.31 Å². The third kappa shape index (κ3) is 3.78. The van der Waals surface area contributed by atoms with Gasteiger partial charge in [-0.1, -0.05) is 55.5 Å². The predicted molar refractivity (Wildman–Crippen MR) is 115 cm³/mol. The number of carbonyl (C=O) groups is 1. The van der Waals surface area contributed by atoms with E-state index in [1.807, 2.05) is 61.5 Å². The van der Waals surface area contributed by atoms with E-state index in [2.05, 4.69) is 5.32 Å². The molecule has 0 spiro atoms. The topological polar surface area (TPSA) is 66.5 Å². The number of anilines is 1. The fourth-order valence-corrected chi connectivity index (χ4v) is 5.61. The summed E-state index contributed by atoms with van der Waals surface area (Å²) in [5.41, 5.74) is 1.78. The van der Waals surface area contributed by atoms with Gasteiger partial charge in [0.15, 0.2) is 0 Å². The minimum Gasteiger partial charge on any atom is -0.324 e. The van der Waals surface area contributed by atoms with Crippen molar-refractivity contribution in [2.75, 3.05) is 11.9 Å². The number of sulfonamides is 1. The Balaban J connectivity index is 1.61. The molecule has 0 unspecified atom stereocenters. The first kappa shape index (κ1) is 19.6. The van der Waals surface area contributed by atoms with E-state index in [9.17, 15) is 13.2 Å². The second-order valence-electron chi connectivity index (χ2n) is 7.28. The average molecular weight is 409 g/mol. The summed E-state index contributed by atoms with van der Waals surface area (Å²) in [6.45, 7) is 2.37. The molecule has 3 aromatic rings. The van der Waals surface area contributed by atoms with Crippen LogP contribution in [0.5, 0.6) is 0 Å². The molecule has 4 rings (SSSR count). The van der Waals surface area contributed by atoms with Crippen LogP contribution in [0.3, 0.4) is 0 Å². The van der Waals surface area contributed by atoms with Gasteiger partial charge in [-0.05, 0) is 53.8 Å². The van der Waals surface area contributed by atoms with Crippen molar-refractivity contribution in [2.45, 2.75) is 37.1 Å². The number of amides is 1. The maximum atomic E-state index is 13.3. The van der Waals surface area contributed by atoms with Gasteiger partial charge in [-0.2, -0.15) is 4.31 Å². The summed E-state index contributed by atoms with van der Waals surface area (Å²) in [5.74, 6) is -0.271. The molecule has 0 saturated carbocycles. The lowest BCUT2D eigenvalue weighted by molar-refractivity contribution is -0.119. The van der Waals surface area contributed by atoms with Gasteiger partial charge < -0.3 is 5.32 Å². The Labute approximate surface area is 171 Å². The largest absolute Gasteiger partial charge is 0.324 e. The number of aryl methyl sites for hydroxylation is 1. The van der Waals surface area contributed by atoms with Crippen molar-refractivity contribution in [1.29, 1.82) is 0 Å². The predicted octanol–water partition coefficient (Wildman–Crippen LogP) is 4.19. The Morgan fingerprint density at radius 3 is 2.55 bits per heavy atom. The van der Waals surface area contributed by atoms with Crippen LogP contribution in [0.15, 0.2) is 71.6 Å². The zero-order valence-corrected chi connectivity index (χ0v) is 17.2. The Bertz CT molecular complexity index is 1160. The highest BCUT2D eigenvalue weighted by atomic mass is 32.2. The van der Waals surface area contributed by atoms with Crippen molar-refractivity contribution in [3.63, 3.8) is 0 Å². The summed E-state index contributed by atoms with van der Waals surface area (Å²) < 4.78 is 28.0. The molecule has 1 fully saturated rings. The number of hydrogen-bond acceptors (Lipinski definition) is 3. The molecule has 3 aromatic carbocycles. The van der Waals surface area contributed by atoms with E-state index < -0.39 is 16.1 Å². The zero-order valence-electron chi connectivity index (χ0n) is 16.3. The Morgan fingerprint density at radius 1 is 1.03 bits per heavy atom. The first-order valence-electron chi connectivity index (χ1n) is 9.90. The first-order chi connectivity index (χ1) is 14.0. The van der Waals surface area contributed by atoms with Gasteiger partial charge in [0, 0.05) is 12.2 Å². The minimum absolute atomic E-state index is 0.227. The highest BCUT2D eigenvalue weighted by Crippen LogP contribution is 2.29. The van der Waals surface area contributed by atoms with Gasteiger partial charge in [0.1, 0.15) is 6.04 Å². The molecule has 0 bridgehead atoms. The van der Waals surface area contributed by atoms with Gasteiger partial charge in [0.2, 0.25) is 15.9 Å². The van der Waals surface area contributed by atoms with Crippen LogP contribution in [-0.2, 0) is 21.2 Å². The van der Waals surface area contributed by atoms with Gasteiger partial charge in [0.25, 0.3) is 0 Å². The van der Waals surface area contributed by atoms with Crippen molar-refractivity contribution in [2.24, 2.45) is 0 Å². The van der Waals surface area contributed by atoms with E-state index in [-0.39, 0.29) is 10.8 Å². The monoisotopic (exact) mass is 408 g/mol. The molecule has 1 atom stereocenters. The van der Waals surface area contributed by atoms with Crippen LogP contribution in [0.1, 0.15) is 25.3 Å². The molecule has 1 aliphatic rings. The third-order valence-corrected chi connectivity index (χ3v) is 7.39. The van der Waals surface area contributed by atoms with Crippen molar-refractivity contribution >= 4 is 32.4 Å². The SMILES string of the molecule is CCc1ccccc1NC(=O)[C@H]1CCCN1S(=O)(=O)c1ccc2ccccc2c1. The molecule has 0 radical (unpaired) electrons. The number of para-hydroxylation sites is 1. The van der Waals surface area contributed by atoms with Crippen molar-refractivity contribution in [3.8, 4) is 0 Å². The normalized spacial score (nSPS) is 17.5. The molecule has 1 amide bonds. The standard InChI is InChI=1S/C23H24N2O3S/c1-2-17-8-5-6-11-21(17)24-23(26)22-12-7-15-25(22)29(27,28)20-14-13-18-9-3-4-10-19(18)16-20/h3-6,8-11,13-14,16,22H,2,7,12,15H2,1H3,(H,24,26)/t22-/m1/s1. The van der Waals surface area contributed by atoms with Crippen LogP contribution < -0.4 is 5.32 Å². The lowest BCUT2D eigenvalue weighted by atomic mass is 10.1. The van der Waals surface area contributed by atoms with Crippen molar-refractivity contribution in [1.82, 2.24) is 4.31 Å². The Hall–Kier alpha value is -2.70. The summed E-state index contributed by atoms with van der Waals surface area (Å²) in [7, 11) is -3.76. The lowest BCUT2D eigenvalue weighted by Crippen LogP contribution is -2.43. The van der Waals surface area contributed by atoms with Crippen LogP contribution in [-0.4, -0.2) is 31.2 Å². The second kappa shape index (κ2) is 7.97. The summed E-state index contributed by atoms with van der Waals surface area (Å²) in [4.78, 5) is 13.2. The number of benzene rings is 3. The van der Waals surface area contributed by atoms with Gasteiger partial charge in [0.05, 0.1) is 4.90 Å². The van der Waals surface area contributed by atoms with Crippen LogP contribution in [0.25, 0.3) is 10.8 Å². The van der Waals surface area contributed by atoms with Gasteiger partial charge >= 0.3 is 0 Å². The zero-order chi connectivity index (χ0) is 20.4. The van der Waals surface area contributed by atoms with E-state index >= 15 is 0 Å². The van der Waals surface area contributed by atoms with E-state index in [4.69, 9.17) is 0 Å². The molecular weight excluding hydrogens is 384 g/mol. The molecule has 1 N–H and O–H groups in total. The van der Waals surface area contributed by atoms with Gasteiger partial charge in [-0.15, -0.1) is 0 Å². The molecular formula is C23H24N2O3S. The van der Waals surface area contributed by atoms with Gasteiger partial charge in [-0.25, -0.2) is 8.42 Å². The van der Waals surface area contributed by atoms with E-state index in [0.29, 0.717) is 19.4 Å². The molecule has 29 heavy (non-hydrogen) atoms. The Morgan fingerprint density at radius 2 is 1.76 bits per heavy atom. The summed E-state index contributed by atoms with van der Waals surface area (Å²) in [6, 6.07) is 19.7. The van der Waals surface area contributed by atoms with Crippen molar-refractivity contribution in [3.05, 3.63) is 72.3 Å². The fourth-order valence-electron chi connectivity index (χ4n) is 3.92. The number of fused-ring (bicyclic) bond motifs is 1. The molecule has 1 heterocycles. The minimum atomic E-state index is -3.76. The van der Waals surface area contributed by atoms with Crippen LogP contribution in [0, 0.1) is 0 Å². The molecule has 5 nitrogen and oxygen atoms in total. The van der Waals surface area contributed by atoms with Gasteiger partial charge in [-0.3, -0.25) is 4.79 Å². The van der Waals surface area contributed by atoms with Crippen LogP contribution in [0.2, 0.25) is 0 Å². The second-order valence-corrected chi connectivity index (χ2v) is 9.17. The number of rotatable bonds is 5. The van der Waals surface area contributed by atoms with E-state index in [0.717, 1.165) is 28.4 Å². The fraction of sp³-hybridized carbons (Fsp3) is 0.261. The third-order valence-electron chi connectivity index (χ3n) is 5.49. The van der Waals surface area contributed by atoms with E-state index in [1.54, 1.807) is 12.1 Å². The lowest BCUT2D eigenvalue weighted by Gasteiger charge is -2.24. The maximum Gasteiger partial charge on any atom is 0.243 e. The summed E-state index contributed by atoms with van der Waals surface area (Å²) in [5, 5.41) is 4.79. The molecule has 6 heteroatoms. The number of hydrogen-bond donors (Lipinski definition) is 1. The Kier molecular flexibility index (Phi) is 5.39. The molecule has 0 aliphatic carbocycles. The van der Waals surface area contributed by atoms with Crippen LogP contribution >= 0.6 is 0 Å². The highest BCUT2D eigenvalue weighted by molar-refractivity contribution is 7.89. The maximum absolute atomic E-state index is 13.3. The molecule has 150 valence electrons. The number of nitrogens with zero attached hydrogens (tertiary/aromatic N) is 1. The average Bonchev–Trinajstić information content (AvgIpc) is 3.25. The first-order valence-corrected chi connectivity index (χ1v) is 11.3. The number of carbonyl (C=O) groups excluding carboxylic acids is 1. The number of nitrogens with one attached hydrogen (secondary N) is 1. The van der Waals surface area contributed by atoms with Crippen LogP contribution in [0.4, 0.5) is 5.69 Å². The quantitative estimate of drug-likeness (QED) is 0.688.